The Hall–Kier alpha value is -0.470. The monoisotopic (exact) mass is 191 g/mol. The van der Waals surface area contributed by atoms with Crippen LogP contribution in [0, 0.1) is 0 Å². The lowest BCUT2D eigenvalue weighted by molar-refractivity contribution is 0.340. The Balaban J connectivity index is 2.89. The average Bonchev–Trinajstić information content (AvgIpc) is 1.85. The number of hydrogen-bond donors (Lipinski definition) is 0. The highest BCUT2D eigenvalue weighted by Gasteiger charge is 1.98. The van der Waals surface area contributed by atoms with Crippen LogP contribution < -0.4 is 4.74 Å². The van der Waals surface area contributed by atoms with E-state index in [2.05, 4.69) is 4.98 Å². The minimum Gasteiger partial charge on any atom is -0.494 e. The lowest BCUT2D eigenvalue weighted by Crippen LogP contribution is -1.91. The molecule has 0 bridgehead atoms. The van der Waals surface area contributed by atoms with Crippen LogP contribution in [-0.2, 0) is 0 Å². The molecule has 0 radical (unpaired) electrons. The third-order valence-electron chi connectivity index (χ3n) is 1.05. The van der Waals surface area contributed by atoms with Gasteiger partial charge in [0.1, 0.15) is 16.1 Å². The van der Waals surface area contributed by atoms with Crippen molar-refractivity contribution in [2.75, 3.05) is 6.61 Å². The van der Waals surface area contributed by atoms with E-state index in [1.165, 1.54) is 0 Å². The van der Waals surface area contributed by atoms with Gasteiger partial charge in [-0.25, -0.2) is 4.98 Å². The first-order chi connectivity index (χ1) is 5.22. The normalized spacial score (nSPS) is 9.73. The van der Waals surface area contributed by atoms with Gasteiger partial charge in [0.2, 0.25) is 0 Å². The maximum Gasteiger partial charge on any atom is 0.134 e. The van der Waals surface area contributed by atoms with Crippen LogP contribution in [0.4, 0.5) is 0 Å². The van der Waals surface area contributed by atoms with Gasteiger partial charge in [-0.05, 0) is 6.92 Å². The Labute approximate surface area is 75.1 Å². The van der Waals surface area contributed by atoms with Gasteiger partial charge in [0.15, 0.2) is 0 Å². The van der Waals surface area contributed by atoms with Gasteiger partial charge >= 0.3 is 0 Å². The minimum absolute atomic E-state index is 0.348. The zero-order valence-corrected chi connectivity index (χ0v) is 7.49. The van der Waals surface area contributed by atoms with Gasteiger partial charge in [-0.15, -0.1) is 0 Å². The van der Waals surface area contributed by atoms with Crippen molar-refractivity contribution >= 4 is 23.2 Å². The van der Waals surface area contributed by atoms with Crippen molar-refractivity contribution in [2.45, 2.75) is 6.92 Å². The first kappa shape index (κ1) is 8.62. The van der Waals surface area contributed by atoms with Gasteiger partial charge in [-0.1, -0.05) is 23.2 Å². The second kappa shape index (κ2) is 3.79. The third kappa shape index (κ3) is 2.56. The maximum atomic E-state index is 5.61. The van der Waals surface area contributed by atoms with E-state index in [1.54, 1.807) is 12.1 Å². The van der Waals surface area contributed by atoms with E-state index in [-0.39, 0.29) is 0 Å². The second-order valence-corrected chi connectivity index (χ2v) is 2.66. The number of ether oxygens (including phenoxy) is 1. The summed E-state index contributed by atoms with van der Waals surface area (Å²) in [5.74, 6) is 0.650. The average molecular weight is 192 g/mol. The molecule has 0 aliphatic rings. The molecule has 0 N–H and O–H groups in total. The molecule has 11 heavy (non-hydrogen) atoms. The smallest absolute Gasteiger partial charge is 0.134 e. The summed E-state index contributed by atoms with van der Waals surface area (Å²) in [6, 6.07) is 3.24. The van der Waals surface area contributed by atoms with Crippen LogP contribution in [0.1, 0.15) is 6.92 Å². The molecule has 1 heterocycles. The molecule has 60 valence electrons. The van der Waals surface area contributed by atoms with Gasteiger partial charge in [0.25, 0.3) is 0 Å². The molecular formula is C7H7Cl2NO. The summed E-state index contributed by atoms with van der Waals surface area (Å²) in [5.41, 5.74) is 0. The Morgan fingerprint density at radius 1 is 1.36 bits per heavy atom. The lowest BCUT2D eigenvalue weighted by Gasteiger charge is -2.02. The quantitative estimate of drug-likeness (QED) is 0.672. The van der Waals surface area contributed by atoms with Crippen molar-refractivity contribution in [1.82, 2.24) is 4.98 Å². The van der Waals surface area contributed by atoms with Crippen LogP contribution in [0.3, 0.4) is 0 Å². The molecular weight excluding hydrogens is 185 g/mol. The van der Waals surface area contributed by atoms with E-state index >= 15 is 0 Å². The van der Waals surface area contributed by atoms with Crippen LogP contribution in [0.15, 0.2) is 12.1 Å². The molecule has 0 aromatic carbocycles. The Morgan fingerprint density at radius 3 is 2.36 bits per heavy atom. The minimum atomic E-state index is 0.348. The molecule has 2 nitrogen and oxygen atoms in total. The zero-order chi connectivity index (χ0) is 8.27. The first-order valence-electron chi connectivity index (χ1n) is 3.18. The lowest BCUT2D eigenvalue weighted by atomic mass is 10.4. The Kier molecular flexibility index (Phi) is 2.97. The van der Waals surface area contributed by atoms with Crippen LogP contribution in [0.2, 0.25) is 10.3 Å². The largest absolute Gasteiger partial charge is 0.494 e. The fraction of sp³-hybridized carbons (Fsp3) is 0.286. The number of hydrogen-bond acceptors (Lipinski definition) is 2. The van der Waals surface area contributed by atoms with E-state index < -0.39 is 0 Å². The second-order valence-electron chi connectivity index (χ2n) is 1.88. The predicted molar refractivity (Wildman–Crippen MR) is 45.4 cm³/mol. The number of pyridine rings is 1. The summed E-state index contributed by atoms with van der Waals surface area (Å²) < 4.78 is 5.16. The molecule has 0 saturated heterocycles. The molecule has 0 unspecified atom stereocenters. The van der Waals surface area contributed by atoms with Crippen LogP contribution in [0.5, 0.6) is 5.75 Å². The van der Waals surface area contributed by atoms with Crippen molar-refractivity contribution in [3.8, 4) is 5.75 Å². The molecule has 0 saturated carbocycles. The maximum absolute atomic E-state index is 5.61. The summed E-state index contributed by atoms with van der Waals surface area (Å²) in [7, 11) is 0. The molecule has 0 atom stereocenters. The van der Waals surface area contributed by atoms with Crippen molar-refractivity contribution in [3.05, 3.63) is 22.4 Å². The number of aromatic nitrogens is 1. The van der Waals surface area contributed by atoms with Gasteiger partial charge < -0.3 is 4.74 Å². The van der Waals surface area contributed by atoms with Crippen molar-refractivity contribution in [2.24, 2.45) is 0 Å². The topological polar surface area (TPSA) is 22.1 Å². The van der Waals surface area contributed by atoms with Crippen LogP contribution in [0.25, 0.3) is 0 Å². The highest BCUT2D eigenvalue weighted by Crippen LogP contribution is 2.20. The first-order valence-corrected chi connectivity index (χ1v) is 3.94. The Morgan fingerprint density at radius 2 is 1.91 bits per heavy atom. The number of rotatable bonds is 2. The highest BCUT2D eigenvalue weighted by atomic mass is 35.5. The summed E-state index contributed by atoms with van der Waals surface area (Å²) in [6.45, 7) is 2.49. The van der Waals surface area contributed by atoms with E-state index in [0.29, 0.717) is 22.7 Å². The zero-order valence-electron chi connectivity index (χ0n) is 5.97. The molecule has 0 aliphatic heterocycles. The highest BCUT2D eigenvalue weighted by molar-refractivity contribution is 6.32. The van der Waals surface area contributed by atoms with Crippen molar-refractivity contribution in [1.29, 1.82) is 0 Å². The summed E-state index contributed by atoms with van der Waals surface area (Å²) in [6.07, 6.45) is 0. The number of nitrogens with zero attached hydrogens (tertiary/aromatic N) is 1. The van der Waals surface area contributed by atoms with Crippen LogP contribution in [-0.4, -0.2) is 11.6 Å². The van der Waals surface area contributed by atoms with E-state index in [0.717, 1.165) is 0 Å². The third-order valence-corrected chi connectivity index (χ3v) is 1.43. The van der Waals surface area contributed by atoms with E-state index in [9.17, 15) is 0 Å². The molecule has 1 aromatic rings. The summed E-state index contributed by atoms with van der Waals surface area (Å²) in [5, 5.41) is 0.696. The predicted octanol–water partition coefficient (Wildman–Crippen LogP) is 2.79. The van der Waals surface area contributed by atoms with Crippen molar-refractivity contribution in [3.63, 3.8) is 0 Å². The fourth-order valence-electron chi connectivity index (χ4n) is 0.693. The van der Waals surface area contributed by atoms with Gasteiger partial charge in [0.05, 0.1) is 6.61 Å². The van der Waals surface area contributed by atoms with E-state index in [1.807, 2.05) is 6.92 Å². The Bertz CT molecular complexity index is 232. The number of halogens is 2. The molecule has 0 aliphatic carbocycles. The van der Waals surface area contributed by atoms with Gasteiger partial charge in [0, 0.05) is 12.1 Å². The van der Waals surface area contributed by atoms with Crippen molar-refractivity contribution < 1.29 is 4.74 Å². The molecule has 0 spiro atoms. The molecule has 0 amide bonds. The molecule has 0 fully saturated rings. The molecule has 4 heteroatoms. The fourth-order valence-corrected chi connectivity index (χ4v) is 1.13. The molecule has 1 aromatic heterocycles. The summed E-state index contributed by atoms with van der Waals surface area (Å²) in [4.78, 5) is 3.77. The van der Waals surface area contributed by atoms with E-state index in [4.69, 9.17) is 27.9 Å². The standard InChI is InChI=1S/C7H7Cl2NO/c1-2-11-5-3-6(8)10-7(9)4-5/h3-4H,2H2,1H3. The molecule has 1 rings (SSSR count). The van der Waals surface area contributed by atoms with Gasteiger partial charge in [-0.2, -0.15) is 0 Å². The summed E-state index contributed by atoms with van der Waals surface area (Å²) >= 11 is 11.2. The van der Waals surface area contributed by atoms with Crippen LogP contribution >= 0.6 is 23.2 Å². The SMILES string of the molecule is CCOc1cc(Cl)nc(Cl)c1. The van der Waals surface area contributed by atoms with Gasteiger partial charge in [-0.3, -0.25) is 0 Å².